The molecule has 2 aromatic carbocycles. The zero-order chi connectivity index (χ0) is 15.2. The third kappa shape index (κ3) is 5.07. The number of hydrogen-bond donors (Lipinski definition) is 2. The van der Waals surface area contributed by atoms with E-state index in [4.69, 9.17) is 5.84 Å². The number of rotatable bonds is 6. The molecule has 0 aliphatic rings. The van der Waals surface area contributed by atoms with Gasteiger partial charge in [0.25, 0.3) is 0 Å². The predicted octanol–water partition coefficient (Wildman–Crippen LogP) is 4.52. The summed E-state index contributed by atoms with van der Waals surface area (Å²) in [5, 5.41) is 0. The summed E-state index contributed by atoms with van der Waals surface area (Å²) in [6, 6.07) is 13.2. The Balaban J connectivity index is 1.99. The maximum atomic E-state index is 13.5. The van der Waals surface area contributed by atoms with Crippen molar-refractivity contribution in [2.45, 2.75) is 17.4 Å². The highest BCUT2D eigenvalue weighted by Gasteiger charge is 2.12. The number of thioether (sulfide) groups is 1. The van der Waals surface area contributed by atoms with Gasteiger partial charge in [0.1, 0.15) is 5.82 Å². The van der Waals surface area contributed by atoms with Gasteiger partial charge >= 0.3 is 0 Å². The van der Waals surface area contributed by atoms with E-state index in [9.17, 15) is 4.39 Å². The maximum Gasteiger partial charge on any atom is 0.137 e. The summed E-state index contributed by atoms with van der Waals surface area (Å²) in [6.45, 7) is 0. The van der Waals surface area contributed by atoms with Crippen molar-refractivity contribution >= 4 is 43.6 Å². The van der Waals surface area contributed by atoms with Crippen LogP contribution in [0.4, 0.5) is 4.39 Å². The van der Waals surface area contributed by atoms with Gasteiger partial charge in [0.2, 0.25) is 0 Å². The number of hydrazine groups is 1. The van der Waals surface area contributed by atoms with Gasteiger partial charge in [-0.1, -0.05) is 34.1 Å². The number of nitrogens with two attached hydrogens (primary N) is 1. The fraction of sp³-hybridized carbons (Fsp3) is 0.200. The van der Waals surface area contributed by atoms with Crippen LogP contribution in [0, 0.1) is 5.82 Å². The van der Waals surface area contributed by atoms with Crippen molar-refractivity contribution in [2.24, 2.45) is 5.84 Å². The lowest BCUT2D eigenvalue weighted by Crippen LogP contribution is -2.38. The second kappa shape index (κ2) is 8.29. The van der Waals surface area contributed by atoms with E-state index in [1.807, 2.05) is 18.2 Å². The minimum absolute atomic E-state index is 0.0621. The van der Waals surface area contributed by atoms with Gasteiger partial charge in [0.05, 0.1) is 4.47 Å². The highest BCUT2D eigenvalue weighted by molar-refractivity contribution is 9.10. The summed E-state index contributed by atoms with van der Waals surface area (Å²) < 4.78 is 15.1. The molecule has 2 nitrogen and oxygen atoms in total. The molecule has 0 fully saturated rings. The normalized spacial score (nSPS) is 12.4. The van der Waals surface area contributed by atoms with Crippen LogP contribution in [-0.2, 0) is 6.42 Å². The highest BCUT2D eigenvalue weighted by atomic mass is 79.9. The molecule has 3 N–H and O–H groups in total. The zero-order valence-electron chi connectivity index (χ0n) is 11.2. The molecule has 0 amide bonds. The van der Waals surface area contributed by atoms with Crippen molar-refractivity contribution in [3.05, 3.63) is 62.8 Å². The third-order valence-electron chi connectivity index (χ3n) is 2.98. The molecule has 0 spiro atoms. The first-order valence-electron chi connectivity index (χ1n) is 6.37. The Labute approximate surface area is 144 Å². The monoisotopic (exact) mass is 432 g/mol. The molecule has 6 heteroatoms. The van der Waals surface area contributed by atoms with Gasteiger partial charge in [-0.05, 0) is 52.2 Å². The highest BCUT2D eigenvalue weighted by Crippen LogP contribution is 2.25. The van der Waals surface area contributed by atoms with Crippen molar-refractivity contribution < 1.29 is 4.39 Å². The minimum Gasteiger partial charge on any atom is -0.271 e. The molecule has 21 heavy (non-hydrogen) atoms. The minimum atomic E-state index is -0.247. The molecule has 0 saturated carbocycles. The standard InChI is InChI=1S/C15H15Br2FN2S/c16-11-4-2-5-13(8-11)21-9-12(20-19)7-10-3-1-6-14(18)15(10)17/h1-6,8,12,20H,7,9,19H2. The molecule has 0 radical (unpaired) electrons. The van der Waals surface area contributed by atoms with Gasteiger partial charge in [0, 0.05) is 21.2 Å². The van der Waals surface area contributed by atoms with Gasteiger partial charge in [0.15, 0.2) is 0 Å². The van der Waals surface area contributed by atoms with Crippen molar-refractivity contribution in [3.8, 4) is 0 Å². The van der Waals surface area contributed by atoms with Gasteiger partial charge in [-0.25, -0.2) is 4.39 Å². The Morgan fingerprint density at radius 1 is 1.19 bits per heavy atom. The number of halogens is 3. The molecule has 2 aromatic rings. The lowest BCUT2D eigenvalue weighted by molar-refractivity contribution is 0.568. The summed E-state index contributed by atoms with van der Waals surface area (Å²) in [5.74, 6) is 6.18. The van der Waals surface area contributed by atoms with Crippen LogP contribution in [0.15, 0.2) is 56.3 Å². The number of benzene rings is 2. The summed E-state index contributed by atoms with van der Waals surface area (Å²) >= 11 is 8.46. The molecule has 0 bridgehead atoms. The van der Waals surface area contributed by atoms with Crippen molar-refractivity contribution in [1.82, 2.24) is 5.43 Å². The molecule has 0 heterocycles. The Kier molecular flexibility index (Phi) is 6.70. The fourth-order valence-electron chi connectivity index (χ4n) is 1.89. The Hall–Kier alpha value is -0.400. The first kappa shape index (κ1) is 17.0. The fourth-order valence-corrected chi connectivity index (χ4v) is 3.86. The first-order valence-corrected chi connectivity index (χ1v) is 8.94. The van der Waals surface area contributed by atoms with Crippen LogP contribution in [0.25, 0.3) is 0 Å². The first-order chi connectivity index (χ1) is 10.1. The van der Waals surface area contributed by atoms with E-state index < -0.39 is 0 Å². The van der Waals surface area contributed by atoms with Crippen LogP contribution in [0.5, 0.6) is 0 Å². The van der Waals surface area contributed by atoms with E-state index in [0.717, 1.165) is 15.8 Å². The van der Waals surface area contributed by atoms with E-state index in [0.29, 0.717) is 10.9 Å². The van der Waals surface area contributed by atoms with Crippen LogP contribution >= 0.6 is 43.6 Å². The largest absolute Gasteiger partial charge is 0.271 e. The molecule has 2 rings (SSSR count). The van der Waals surface area contributed by atoms with Crippen molar-refractivity contribution in [3.63, 3.8) is 0 Å². The Morgan fingerprint density at radius 2 is 1.95 bits per heavy atom. The van der Waals surface area contributed by atoms with E-state index in [1.54, 1.807) is 17.8 Å². The van der Waals surface area contributed by atoms with Gasteiger partial charge in [-0.3, -0.25) is 11.3 Å². The summed E-state index contributed by atoms with van der Waals surface area (Å²) in [7, 11) is 0. The van der Waals surface area contributed by atoms with Gasteiger partial charge in [-0.2, -0.15) is 0 Å². The van der Waals surface area contributed by atoms with Crippen molar-refractivity contribution in [1.29, 1.82) is 0 Å². The molecular formula is C15H15Br2FN2S. The quantitative estimate of drug-likeness (QED) is 0.399. The second-order valence-corrected chi connectivity index (χ2v) is 7.35. The van der Waals surface area contributed by atoms with Crippen LogP contribution in [0.3, 0.4) is 0 Å². The molecule has 112 valence electrons. The van der Waals surface area contributed by atoms with Crippen molar-refractivity contribution in [2.75, 3.05) is 5.75 Å². The predicted molar refractivity (Wildman–Crippen MR) is 93.8 cm³/mol. The Morgan fingerprint density at radius 3 is 2.67 bits per heavy atom. The lowest BCUT2D eigenvalue weighted by atomic mass is 10.1. The van der Waals surface area contributed by atoms with E-state index in [2.05, 4.69) is 49.4 Å². The maximum absolute atomic E-state index is 13.5. The average molecular weight is 434 g/mol. The van der Waals surface area contributed by atoms with E-state index in [1.165, 1.54) is 11.0 Å². The average Bonchev–Trinajstić information content (AvgIpc) is 2.48. The van der Waals surface area contributed by atoms with E-state index >= 15 is 0 Å². The number of hydrogen-bond acceptors (Lipinski definition) is 3. The molecule has 0 aliphatic heterocycles. The van der Waals surface area contributed by atoms with Crippen LogP contribution in [-0.4, -0.2) is 11.8 Å². The van der Waals surface area contributed by atoms with Crippen LogP contribution in [0.2, 0.25) is 0 Å². The SMILES string of the molecule is NNC(CSc1cccc(Br)c1)Cc1cccc(F)c1Br. The molecule has 0 saturated heterocycles. The molecule has 1 atom stereocenters. The smallest absolute Gasteiger partial charge is 0.137 e. The second-order valence-electron chi connectivity index (χ2n) is 4.55. The van der Waals surface area contributed by atoms with Gasteiger partial charge < -0.3 is 0 Å². The van der Waals surface area contributed by atoms with Gasteiger partial charge in [-0.15, -0.1) is 11.8 Å². The molecule has 1 unspecified atom stereocenters. The van der Waals surface area contributed by atoms with E-state index in [-0.39, 0.29) is 11.9 Å². The lowest BCUT2D eigenvalue weighted by Gasteiger charge is -2.16. The third-order valence-corrected chi connectivity index (χ3v) is 5.52. The zero-order valence-corrected chi connectivity index (χ0v) is 15.1. The topological polar surface area (TPSA) is 38.0 Å². The summed E-state index contributed by atoms with van der Waals surface area (Å²) in [4.78, 5) is 1.17. The molecule has 0 aromatic heterocycles. The molecule has 0 aliphatic carbocycles. The van der Waals surface area contributed by atoms with Crippen LogP contribution in [0.1, 0.15) is 5.56 Å². The number of nitrogens with one attached hydrogen (secondary N) is 1. The summed E-state index contributed by atoms with van der Waals surface area (Å²) in [6.07, 6.45) is 0.663. The van der Waals surface area contributed by atoms with Crippen LogP contribution < -0.4 is 11.3 Å². The Bertz CT molecular complexity index is 610. The molecular weight excluding hydrogens is 419 g/mol. The summed E-state index contributed by atoms with van der Waals surface area (Å²) in [5.41, 5.74) is 3.72.